The van der Waals surface area contributed by atoms with Crippen molar-refractivity contribution < 1.29 is 0 Å². The van der Waals surface area contributed by atoms with Gasteiger partial charge in [0.1, 0.15) is 0 Å². The first kappa shape index (κ1) is 12.7. The van der Waals surface area contributed by atoms with E-state index in [1.165, 1.54) is 51.4 Å². The quantitative estimate of drug-likeness (QED) is 0.799. The number of rotatable bonds is 4. The average molecular weight is 263 g/mol. The number of hydrogen-bond acceptors (Lipinski definition) is 2. The fourth-order valence-corrected chi connectivity index (χ4v) is 5.11. The first-order valence-electron chi connectivity index (χ1n) is 7.62. The summed E-state index contributed by atoms with van der Waals surface area (Å²) < 4.78 is 0. The van der Waals surface area contributed by atoms with Crippen LogP contribution >= 0.6 is 11.3 Å². The van der Waals surface area contributed by atoms with Crippen LogP contribution in [-0.2, 0) is 19.4 Å². The van der Waals surface area contributed by atoms with E-state index in [1.54, 1.807) is 16.0 Å². The average Bonchev–Trinajstić information content (AvgIpc) is 2.98. The number of fused-ring (bicyclic) bond motifs is 1. The lowest BCUT2D eigenvalue weighted by Gasteiger charge is -2.33. The van der Waals surface area contributed by atoms with Gasteiger partial charge in [-0.15, -0.1) is 11.3 Å². The Labute approximate surface area is 115 Å². The maximum atomic E-state index is 3.56. The van der Waals surface area contributed by atoms with Gasteiger partial charge >= 0.3 is 0 Å². The molecular formula is C16H25NS. The normalized spacial score (nSPS) is 21.4. The molecule has 1 N–H and O–H groups in total. The van der Waals surface area contributed by atoms with Crippen molar-refractivity contribution in [1.82, 2.24) is 5.32 Å². The van der Waals surface area contributed by atoms with Crippen molar-refractivity contribution in [3.63, 3.8) is 0 Å². The molecular weight excluding hydrogens is 238 g/mol. The first-order valence-corrected chi connectivity index (χ1v) is 8.50. The summed E-state index contributed by atoms with van der Waals surface area (Å²) in [5, 5.41) is 5.97. The van der Waals surface area contributed by atoms with Gasteiger partial charge in [0.05, 0.1) is 0 Å². The second kappa shape index (κ2) is 5.34. The third-order valence-corrected chi connectivity index (χ3v) is 5.99. The van der Waals surface area contributed by atoms with Crippen molar-refractivity contribution in [3.8, 4) is 0 Å². The fourth-order valence-electron chi connectivity index (χ4n) is 3.83. The van der Waals surface area contributed by atoms with Crippen molar-refractivity contribution in [1.29, 1.82) is 0 Å². The number of thiophene rings is 1. The van der Waals surface area contributed by atoms with Crippen molar-refractivity contribution in [3.05, 3.63) is 21.4 Å². The van der Waals surface area contributed by atoms with Crippen molar-refractivity contribution in [2.75, 3.05) is 6.54 Å². The Morgan fingerprint density at radius 3 is 2.89 bits per heavy atom. The Bertz CT molecular complexity index is 401. The van der Waals surface area contributed by atoms with Crippen LogP contribution in [0.25, 0.3) is 0 Å². The second-order valence-electron chi connectivity index (χ2n) is 6.22. The third kappa shape index (κ3) is 2.37. The summed E-state index contributed by atoms with van der Waals surface area (Å²) in [7, 11) is 0. The lowest BCUT2D eigenvalue weighted by Crippen LogP contribution is -2.25. The molecule has 0 saturated heterocycles. The zero-order valence-electron chi connectivity index (χ0n) is 11.6. The third-order valence-electron chi connectivity index (χ3n) is 4.91. The molecule has 1 aromatic heterocycles. The largest absolute Gasteiger partial charge is 0.313 e. The van der Waals surface area contributed by atoms with Gasteiger partial charge in [0.2, 0.25) is 0 Å². The monoisotopic (exact) mass is 263 g/mol. The van der Waals surface area contributed by atoms with Crippen LogP contribution in [0.5, 0.6) is 0 Å². The predicted octanol–water partition coefficient (Wildman–Crippen LogP) is 4.30. The molecule has 1 saturated carbocycles. The Morgan fingerprint density at radius 1 is 1.28 bits per heavy atom. The van der Waals surface area contributed by atoms with Gasteiger partial charge in [-0.3, -0.25) is 0 Å². The van der Waals surface area contributed by atoms with E-state index >= 15 is 0 Å². The summed E-state index contributed by atoms with van der Waals surface area (Å²) in [4.78, 5) is 1.72. The summed E-state index contributed by atoms with van der Waals surface area (Å²) in [6.07, 6.45) is 11.4. The van der Waals surface area contributed by atoms with Gasteiger partial charge in [-0.05, 0) is 67.0 Å². The van der Waals surface area contributed by atoms with Crippen LogP contribution in [0.3, 0.4) is 0 Å². The maximum Gasteiger partial charge on any atom is 0.0216 e. The van der Waals surface area contributed by atoms with Crippen LogP contribution in [0.1, 0.15) is 61.5 Å². The SMILES string of the molecule is CCCNCc1csc2c1CCC1(CCCC1)C2. The molecule has 0 radical (unpaired) electrons. The molecule has 2 aliphatic rings. The molecule has 3 rings (SSSR count). The zero-order valence-corrected chi connectivity index (χ0v) is 12.4. The standard InChI is InChI=1S/C16H25NS/c1-2-9-17-11-13-12-18-15-10-16(6-3-4-7-16)8-5-14(13)15/h12,17H,2-11H2,1H3. The first-order chi connectivity index (χ1) is 8.83. The van der Waals surface area contributed by atoms with Crippen molar-refractivity contribution in [2.45, 2.75) is 64.8 Å². The highest BCUT2D eigenvalue weighted by Crippen LogP contribution is 2.49. The molecule has 1 nitrogen and oxygen atoms in total. The van der Waals surface area contributed by atoms with E-state index in [9.17, 15) is 0 Å². The van der Waals surface area contributed by atoms with Gasteiger partial charge in [0, 0.05) is 11.4 Å². The van der Waals surface area contributed by atoms with E-state index in [-0.39, 0.29) is 0 Å². The molecule has 0 amide bonds. The highest BCUT2D eigenvalue weighted by molar-refractivity contribution is 7.10. The van der Waals surface area contributed by atoms with Crippen LogP contribution in [0.15, 0.2) is 5.38 Å². The van der Waals surface area contributed by atoms with E-state index in [0.29, 0.717) is 5.41 Å². The minimum absolute atomic E-state index is 0.714. The van der Waals surface area contributed by atoms with E-state index < -0.39 is 0 Å². The summed E-state index contributed by atoms with van der Waals surface area (Å²) in [5.41, 5.74) is 4.02. The zero-order chi connectivity index (χ0) is 12.4. The minimum atomic E-state index is 0.714. The van der Waals surface area contributed by atoms with E-state index in [0.717, 1.165) is 13.1 Å². The van der Waals surface area contributed by atoms with Crippen LogP contribution in [0.4, 0.5) is 0 Å². The van der Waals surface area contributed by atoms with Crippen LogP contribution in [0.2, 0.25) is 0 Å². The van der Waals surface area contributed by atoms with E-state index in [1.807, 2.05) is 11.3 Å². The van der Waals surface area contributed by atoms with Crippen LogP contribution in [-0.4, -0.2) is 6.54 Å². The van der Waals surface area contributed by atoms with Crippen LogP contribution < -0.4 is 5.32 Å². The molecule has 0 atom stereocenters. The van der Waals surface area contributed by atoms with Gasteiger partial charge in [-0.25, -0.2) is 0 Å². The summed E-state index contributed by atoms with van der Waals surface area (Å²) in [5.74, 6) is 0. The second-order valence-corrected chi connectivity index (χ2v) is 7.19. The Hall–Kier alpha value is -0.340. The summed E-state index contributed by atoms with van der Waals surface area (Å²) in [6, 6.07) is 0. The molecule has 1 heterocycles. The maximum absolute atomic E-state index is 3.56. The molecule has 0 aliphatic heterocycles. The molecule has 1 fully saturated rings. The Balaban J connectivity index is 1.70. The molecule has 18 heavy (non-hydrogen) atoms. The lowest BCUT2D eigenvalue weighted by atomic mass is 9.72. The van der Waals surface area contributed by atoms with E-state index in [2.05, 4.69) is 17.6 Å². The molecule has 100 valence electrons. The fraction of sp³-hybridized carbons (Fsp3) is 0.750. The smallest absolute Gasteiger partial charge is 0.0216 e. The highest BCUT2D eigenvalue weighted by atomic mass is 32.1. The Kier molecular flexibility index (Phi) is 3.76. The topological polar surface area (TPSA) is 12.0 Å². The molecule has 0 aromatic carbocycles. The molecule has 1 spiro atoms. The molecule has 1 aromatic rings. The predicted molar refractivity (Wildman–Crippen MR) is 79.2 cm³/mol. The number of hydrogen-bond donors (Lipinski definition) is 1. The lowest BCUT2D eigenvalue weighted by molar-refractivity contribution is 0.257. The van der Waals surface area contributed by atoms with Gasteiger partial charge in [-0.2, -0.15) is 0 Å². The van der Waals surface area contributed by atoms with Gasteiger partial charge < -0.3 is 5.32 Å². The minimum Gasteiger partial charge on any atom is -0.313 e. The highest BCUT2D eigenvalue weighted by Gasteiger charge is 2.37. The molecule has 0 unspecified atom stereocenters. The summed E-state index contributed by atoms with van der Waals surface area (Å²) >= 11 is 2.03. The Morgan fingerprint density at radius 2 is 2.11 bits per heavy atom. The molecule has 2 heteroatoms. The molecule has 0 bridgehead atoms. The van der Waals surface area contributed by atoms with Gasteiger partial charge in [0.25, 0.3) is 0 Å². The van der Waals surface area contributed by atoms with Crippen molar-refractivity contribution in [2.24, 2.45) is 5.41 Å². The van der Waals surface area contributed by atoms with Gasteiger partial charge in [0.15, 0.2) is 0 Å². The molecule has 2 aliphatic carbocycles. The van der Waals surface area contributed by atoms with Crippen molar-refractivity contribution >= 4 is 11.3 Å². The van der Waals surface area contributed by atoms with Crippen LogP contribution in [0, 0.1) is 5.41 Å². The number of nitrogens with one attached hydrogen (secondary N) is 1. The van der Waals surface area contributed by atoms with E-state index in [4.69, 9.17) is 0 Å². The van der Waals surface area contributed by atoms with Gasteiger partial charge in [-0.1, -0.05) is 19.8 Å². The summed E-state index contributed by atoms with van der Waals surface area (Å²) in [6.45, 7) is 4.47.